The normalized spacial score (nSPS) is 10.4. The fraction of sp³-hybridized carbons (Fsp3) is 0.267. The Morgan fingerprint density at radius 1 is 1.17 bits per heavy atom. The second-order valence-electron chi connectivity index (χ2n) is 4.51. The predicted molar refractivity (Wildman–Crippen MR) is 77.2 cm³/mol. The largest absolute Gasteiger partial charge is 0.396 e. The summed E-state index contributed by atoms with van der Waals surface area (Å²) in [5.74, 6) is 0.828. The summed E-state index contributed by atoms with van der Waals surface area (Å²) in [4.78, 5) is 6.58. The van der Waals surface area contributed by atoms with Crippen LogP contribution in [0.4, 0.5) is 17.2 Å². The third-order valence-electron chi connectivity index (χ3n) is 2.92. The standard InChI is InChI=1S/C15H19N3/c1-4-18(13-7-5-6-11(2)8-13)15-14(16)9-12(3)10-17-15/h5-10H,4,16H2,1-3H3. The molecule has 0 fully saturated rings. The van der Waals surface area contributed by atoms with Crippen LogP contribution in [-0.4, -0.2) is 11.5 Å². The fourth-order valence-corrected chi connectivity index (χ4v) is 2.06. The maximum atomic E-state index is 6.07. The third-order valence-corrected chi connectivity index (χ3v) is 2.92. The number of benzene rings is 1. The summed E-state index contributed by atoms with van der Waals surface area (Å²) in [6.45, 7) is 7.02. The number of pyridine rings is 1. The molecule has 0 amide bonds. The van der Waals surface area contributed by atoms with E-state index in [9.17, 15) is 0 Å². The van der Waals surface area contributed by atoms with Crippen molar-refractivity contribution in [2.24, 2.45) is 0 Å². The van der Waals surface area contributed by atoms with Gasteiger partial charge in [-0.15, -0.1) is 0 Å². The molecule has 2 N–H and O–H groups in total. The number of nitrogens with two attached hydrogens (primary N) is 1. The van der Waals surface area contributed by atoms with E-state index in [4.69, 9.17) is 5.73 Å². The summed E-state index contributed by atoms with van der Waals surface area (Å²) in [5, 5.41) is 0. The van der Waals surface area contributed by atoms with Gasteiger partial charge in [0.2, 0.25) is 0 Å². The predicted octanol–water partition coefficient (Wildman–Crippen LogP) is 3.44. The molecule has 0 spiro atoms. The highest BCUT2D eigenvalue weighted by Crippen LogP contribution is 2.28. The van der Waals surface area contributed by atoms with Crippen molar-refractivity contribution in [1.82, 2.24) is 4.98 Å². The van der Waals surface area contributed by atoms with E-state index in [0.29, 0.717) is 0 Å². The summed E-state index contributed by atoms with van der Waals surface area (Å²) in [6.07, 6.45) is 1.85. The number of aromatic nitrogens is 1. The fourth-order valence-electron chi connectivity index (χ4n) is 2.06. The molecule has 3 nitrogen and oxygen atoms in total. The van der Waals surface area contributed by atoms with Crippen molar-refractivity contribution in [2.45, 2.75) is 20.8 Å². The molecule has 3 heteroatoms. The van der Waals surface area contributed by atoms with E-state index in [1.54, 1.807) is 0 Å². The highest BCUT2D eigenvalue weighted by molar-refractivity contribution is 5.71. The molecular formula is C15H19N3. The Morgan fingerprint density at radius 3 is 2.56 bits per heavy atom. The Morgan fingerprint density at radius 2 is 1.94 bits per heavy atom. The van der Waals surface area contributed by atoms with Gasteiger partial charge in [-0.1, -0.05) is 12.1 Å². The molecule has 0 radical (unpaired) electrons. The highest BCUT2D eigenvalue weighted by Gasteiger charge is 2.11. The van der Waals surface area contributed by atoms with Crippen LogP contribution in [-0.2, 0) is 0 Å². The second-order valence-corrected chi connectivity index (χ2v) is 4.51. The average Bonchev–Trinajstić information content (AvgIpc) is 2.33. The number of rotatable bonds is 3. The monoisotopic (exact) mass is 241 g/mol. The zero-order valence-electron chi connectivity index (χ0n) is 11.1. The summed E-state index contributed by atoms with van der Waals surface area (Å²) < 4.78 is 0. The number of aryl methyl sites for hydroxylation is 2. The molecule has 0 aliphatic carbocycles. The zero-order valence-corrected chi connectivity index (χ0v) is 11.1. The van der Waals surface area contributed by atoms with Crippen LogP contribution in [0, 0.1) is 13.8 Å². The van der Waals surface area contributed by atoms with Crippen LogP contribution in [0.3, 0.4) is 0 Å². The van der Waals surface area contributed by atoms with Crippen molar-refractivity contribution in [1.29, 1.82) is 0 Å². The summed E-state index contributed by atoms with van der Waals surface area (Å²) in [5.41, 5.74) is 10.2. The Kier molecular flexibility index (Phi) is 3.51. The van der Waals surface area contributed by atoms with E-state index in [0.717, 1.165) is 29.3 Å². The molecule has 1 aromatic heterocycles. The zero-order chi connectivity index (χ0) is 13.1. The minimum absolute atomic E-state index is 0.721. The third kappa shape index (κ3) is 2.45. The Bertz CT molecular complexity index is 549. The van der Waals surface area contributed by atoms with E-state index < -0.39 is 0 Å². The van der Waals surface area contributed by atoms with Gasteiger partial charge in [-0.3, -0.25) is 0 Å². The van der Waals surface area contributed by atoms with Gasteiger partial charge in [-0.05, 0) is 50.1 Å². The number of nitrogens with zero attached hydrogens (tertiary/aromatic N) is 2. The van der Waals surface area contributed by atoms with Crippen LogP contribution in [0.25, 0.3) is 0 Å². The van der Waals surface area contributed by atoms with Crippen LogP contribution in [0.5, 0.6) is 0 Å². The van der Waals surface area contributed by atoms with E-state index in [2.05, 4.69) is 48.0 Å². The lowest BCUT2D eigenvalue weighted by atomic mass is 10.2. The van der Waals surface area contributed by atoms with Gasteiger partial charge in [0.05, 0.1) is 5.69 Å². The van der Waals surface area contributed by atoms with Gasteiger partial charge in [-0.2, -0.15) is 0 Å². The van der Waals surface area contributed by atoms with Crippen LogP contribution in [0.1, 0.15) is 18.1 Å². The average molecular weight is 241 g/mol. The quantitative estimate of drug-likeness (QED) is 0.895. The lowest BCUT2D eigenvalue weighted by molar-refractivity contribution is 0.988. The molecule has 0 atom stereocenters. The lowest BCUT2D eigenvalue weighted by Crippen LogP contribution is -2.19. The lowest BCUT2D eigenvalue weighted by Gasteiger charge is -2.24. The second kappa shape index (κ2) is 5.08. The van der Waals surface area contributed by atoms with Gasteiger partial charge < -0.3 is 10.6 Å². The first-order valence-electron chi connectivity index (χ1n) is 6.18. The first kappa shape index (κ1) is 12.4. The molecule has 1 aromatic carbocycles. The number of hydrogen-bond acceptors (Lipinski definition) is 3. The topological polar surface area (TPSA) is 42.2 Å². The Labute approximate surface area is 108 Å². The molecule has 2 rings (SSSR count). The van der Waals surface area contributed by atoms with Crippen LogP contribution in [0.2, 0.25) is 0 Å². The Balaban J connectivity index is 2.45. The molecule has 2 aromatic rings. The number of hydrogen-bond donors (Lipinski definition) is 1. The molecule has 94 valence electrons. The minimum atomic E-state index is 0.721. The maximum Gasteiger partial charge on any atom is 0.156 e. The molecule has 18 heavy (non-hydrogen) atoms. The number of anilines is 3. The molecule has 1 heterocycles. The molecule has 0 saturated heterocycles. The molecule has 0 saturated carbocycles. The first-order valence-corrected chi connectivity index (χ1v) is 6.18. The van der Waals surface area contributed by atoms with E-state index >= 15 is 0 Å². The van der Waals surface area contributed by atoms with Crippen molar-refractivity contribution in [2.75, 3.05) is 17.2 Å². The molecule has 0 aliphatic rings. The maximum absolute atomic E-state index is 6.07. The van der Waals surface area contributed by atoms with Gasteiger partial charge in [0.1, 0.15) is 0 Å². The van der Waals surface area contributed by atoms with Crippen molar-refractivity contribution in [3.63, 3.8) is 0 Å². The van der Waals surface area contributed by atoms with Crippen LogP contribution in [0.15, 0.2) is 36.5 Å². The van der Waals surface area contributed by atoms with Crippen molar-refractivity contribution >= 4 is 17.2 Å². The van der Waals surface area contributed by atoms with E-state index in [1.807, 2.05) is 19.2 Å². The van der Waals surface area contributed by atoms with Gasteiger partial charge in [0.15, 0.2) is 5.82 Å². The van der Waals surface area contributed by atoms with Gasteiger partial charge >= 0.3 is 0 Å². The molecule has 0 bridgehead atoms. The molecule has 0 unspecified atom stereocenters. The molecule has 0 aliphatic heterocycles. The van der Waals surface area contributed by atoms with Gasteiger partial charge in [0.25, 0.3) is 0 Å². The number of nitrogen functional groups attached to an aromatic ring is 1. The Hall–Kier alpha value is -2.03. The van der Waals surface area contributed by atoms with Gasteiger partial charge in [0, 0.05) is 18.4 Å². The van der Waals surface area contributed by atoms with Gasteiger partial charge in [-0.25, -0.2) is 4.98 Å². The van der Waals surface area contributed by atoms with Crippen LogP contribution < -0.4 is 10.6 Å². The highest BCUT2D eigenvalue weighted by atomic mass is 15.2. The van der Waals surface area contributed by atoms with Crippen molar-refractivity contribution < 1.29 is 0 Å². The van der Waals surface area contributed by atoms with Crippen molar-refractivity contribution in [3.05, 3.63) is 47.7 Å². The SMILES string of the molecule is CCN(c1cccc(C)c1)c1ncc(C)cc1N. The smallest absolute Gasteiger partial charge is 0.156 e. The van der Waals surface area contributed by atoms with E-state index in [-0.39, 0.29) is 0 Å². The summed E-state index contributed by atoms with van der Waals surface area (Å²) in [6, 6.07) is 10.3. The van der Waals surface area contributed by atoms with Crippen LogP contribution >= 0.6 is 0 Å². The van der Waals surface area contributed by atoms with E-state index in [1.165, 1.54) is 5.56 Å². The minimum Gasteiger partial charge on any atom is -0.396 e. The summed E-state index contributed by atoms with van der Waals surface area (Å²) in [7, 11) is 0. The molecular weight excluding hydrogens is 222 g/mol. The first-order chi connectivity index (χ1) is 8.61. The summed E-state index contributed by atoms with van der Waals surface area (Å²) >= 11 is 0. The van der Waals surface area contributed by atoms with Crippen molar-refractivity contribution in [3.8, 4) is 0 Å².